The van der Waals surface area contributed by atoms with Crippen molar-refractivity contribution in [3.8, 4) is 0 Å². The second kappa shape index (κ2) is 6.69. The lowest BCUT2D eigenvalue weighted by Gasteiger charge is -2.16. The summed E-state index contributed by atoms with van der Waals surface area (Å²) < 4.78 is 0. The van der Waals surface area contributed by atoms with Gasteiger partial charge in [-0.05, 0) is 38.6 Å². The van der Waals surface area contributed by atoms with E-state index in [1.54, 1.807) is 11.3 Å². The maximum absolute atomic E-state index is 12.1. The molecule has 0 saturated heterocycles. The van der Waals surface area contributed by atoms with Crippen molar-refractivity contribution in [1.82, 2.24) is 9.88 Å². The van der Waals surface area contributed by atoms with Crippen molar-refractivity contribution in [3.63, 3.8) is 0 Å². The van der Waals surface area contributed by atoms with E-state index >= 15 is 0 Å². The van der Waals surface area contributed by atoms with Gasteiger partial charge < -0.3 is 11.1 Å². The van der Waals surface area contributed by atoms with Crippen LogP contribution in [0.5, 0.6) is 0 Å². The number of carbonyl (C=O) groups is 1. The smallest absolute Gasteiger partial charge is 0.238 e. The van der Waals surface area contributed by atoms with E-state index < -0.39 is 0 Å². The molecule has 0 bridgehead atoms. The predicted octanol–water partition coefficient (Wildman–Crippen LogP) is 2.41. The summed E-state index contributed by atoms with van der Waals surface area (Å²) in [6.07, 6.45) is 0. The molecule has 0 fully saturated rings. The summed E-state index contributed by atoms with van der Waals surface area (Å²) in [5, 5.41) is 5.95. The third kappa shape index (κ3) is 4.27. The Morgan fingerprint density at radius 2 is 2.19 bits per heavy atom. The molecule has 0 aliphatic rings. The first-order chi connectivity index (χ1) is 9.95. The van der Waals surface area contributed by atoms with Crippen LogP contribution < -0.4 is 11.1 Å². The van der Waals surface area contributed by atoms with Crippen molar-refractivity contribution in [1.29, 1.82) is 0 Å². The number of nitrogens with two attached hydrogens (primary N) is 1. The van der Waals surface area contributed by atoms with Crippen LogP contribution in [-0.4, -0.2) is 29.4 Å². The van der Waals surface area contributed by atoms with Crippen molar-refractivity contribution < 1.29 is 4.79 Å². The Hall–Kier alpha value is -1.92. The monoisotopic (exact) mass is 304 g/mol. The number of aryl methyl sites for hydroxylation is 1. The van der Waals surface area contributed by atoms with E-state index in [4.69, 9.17) is 5.73 Å². The lowest BCUT2D eigenvalue weighted by Crippen LogP contribution is -2.30. The SMILES string of the molecule is Cc1nc(CN(C)CC(=O)Nc2cccc(N)c2C)cs1. The van der Waals surface area contributed by atoms with Gasteiger partial charge in [0.2, 0.25) is 5.91 Å². The van der Waals surface area contributed by atoms with Gasteiger partial charge in [-0.1, -0.05) is 6.07 Å². The van der Waals surface area contributed by atoms with Gasteiger partial charge in [0, 0.05) is 23.3 Å². The molecule has 0 unspecified atom stereocenters. The topological polar surface area (TPSA) is 71.2 Å². The van der Waals surface area contributed by atoms with Crippen molar-refractivity contribution in [2.75, 3.05) is 24.6 Å². The van der Waals surface area contributed by atoms with Gasteiger partial charge >= 0.3 is 0 Å². The summed E-state index contributed by atoms with van der Waals surface area (Å²) in [5.41, 5.74) is 9.16. The molecule has 112 valence electrons. The highest BCUT2D eigenvalue weighted by atomic mass is 32.1. The minimum absolute atomic E-state index is 0.0573. The highest BCUT2D eigenvalue weighted by Gasteiger charge is 2.10. The van der Waals surface area contributed by atoms with Gasteiger partial charge in [0.05, 0.1) is 17.2 Å². The first kappa shape index (κ1) is 15.5. The van der Waals surface area contributed by atoms with Crippen LogP contribution in [0.1, 0.15) is 16.3 Å². The average molecular weight is 304 g/mol. The number of carbonyl (C=O) groups excluding carboxylic acids is 1. The maximum Gasteiger partial charge on any atom is 0.238 e. The van der Waals surface area contributed by atoms with E-state index in [2.05, 4.69) is 10.3 Å². The van der Waals surface area contributed by atoms with E-state index in [0.29, 0.717) is 18.8 Å². The second-order valence-corrected chi connectivity index (χ2v) is 6.16. The fourth-order valence-corrected chi connectivity index (χ4v) is 2.64. The molecule has 6 heteroatoms. The fourth-order valence-electron chi connectivity index (χ4n) is 2.04. The Labute approximate surface area is 128 Å². The number of nitrogen functional groups attached to an aromatic ring is 1. The molecule has 1 aromatic carbocycles. The molecule has 0 atom stereocenters. The standard InChI is InChI=1S/C15H20N4OS/c1-10-13(16)5-4-6-14(10)18-15(20)8-19(3)7-12-9-21-11(2)17-12/h4-6,9H,7-8,16H2,1-3H3,(H,18,20). The second-order valence-electron chi connectivity index (χ2n) is 5.10. The lowest BCUT2D eigenvalue weighted by molar-refractivity contribution is -0.117. The third-order valence-corrected chi connectivity index (χ3v) is 3.98. The number of nitrogens with zero attached hydrogens (tertiary/aromatic N) is 2. The Morgan fingerprint density at radius 3 is 2.86 bits per heavy atom. The number of benzene rings is 1. The number of hydrogen-bond acceptors (Lipinski definition) is 5. The molecule has 0 aliphatic heterocycles. The highest BCUT2D eigenvalue weighted by molar-refractivity contribution is 7.09. The zero-order valence-corrected chi connectivity index (χ0v) is 13.3. The quantitative estimate of drug-likeness (QED) is 0.832. The predicted molar refractivity (Wildman–Crippen MR) is 87.4 cm³/mol. The summed E-state index contributed by atoms with van der Waals surface area (Å²) in [6, 6.07) is 5.51. The number of amides is 1. The number of likely N-dealkylation sites (N-methyl/N-ethyl adjacent to an activating group) is 1. The number of aromatic nitrogens is 1. The van der Waals surface area contributed by atoms with Crippen LogP contribution in [0.3, 0.4) is 0 Å². The van der Waals surface area contributed by atoms with Gasteiger partial charge in [-0.3, -0.25) is 9.69 Å². The Kier molecular flexibility index (Phi) is 4.93. The summed E-state index contributed by atoms with van der Waals surface area (Å²) in [6.45, 7) is 4.84. The highest BCUT2D eigenvalue weighted by Crippen LogP contribution is 2.20. The summed E-state index contributed by atoms with van der Waals surface area (Å²) in [7, 11) is 1.90. The molecule has 2 rings (SSSR count). The number of thiazole rings is 1. The zero-order valence-electron chi connectivity index (χ0n) is 12.5. The van der Waals surface area contributed by atoms with Crippen LogP contribution in [0.4, 0.5) is 11.4 Å². The minimum Gasteiger partial charge on any atom is -0.398 e. The van der Waals surface area contributed by atoms with Crippen molar-refractivity contribution in [3.05, 3.63) is 39.8 Å². The van der Waals surface area contributed by atoms with Crippen LogP contribution in [0.2, 0.25) is 0 Å². The van der Waals surface area contributed by atoms with Crippen LogP contribution >= 0.6 is 11.3 Å². The number of anilines is 2. The van der Waals surface area contributed by atoms with Gasteiger partial charge in [0.25, 0.3) is 0 Å². The van der Waals surface area contributed by atoms with E-state index in [0.717, 1.165) is 22.0 Å². The van der Waals surface area contributed by atoms with E-state index in [-0.39, 0.29) is 5.91 Å². The normalized spacial score (nSPS) is 10.9. The van der Waals surface area contributed by atoms with Crippen LogP contribution in [-0.2, 0) is 11.3 Å². The van der Waals surface area contributed by atoms with Crippen molar-refractivity contribution in [2.45, 2.75) is 20.4 Å². The molecule has 1 heterocycles. The lowest BCUT2D eigenvalue weighted by atomic mass is 10.1. The largest absolute Gasteiger partial charge is 0.398 e. The molecule has 0 saturated carbocycles. The van der Waals surface area contributed by atoms with E-state index in [1.807, 2.05) is 49.4 Å². The van der Waals surface area contributed by atoms with Crippen LogP contribution in [0.25, 0.3) is 0 Å². The van der Waals surface area contributed by atoms with Gasteiger partial charge in [-0.2, -0.15) is 0 Å². The third-order valence-electron chi connectivity index (χ3n) is 3.16. The summed E-state index contributed by atoms with van der Waals surface area (Å²) in [5.74, 6) is -0.0573. The molecular formula is C15H20N4OS. The molecule has 0 spiro atoms. The minimum atomic E-state index is -0.0573. The molecule has 2 aromatic rings. The average Bonchev–Trinajstić information content (AvgIpc) is 2.80. The van der Waals surface area contributed by atoms with Gasteiger partial charge in [-0.15, -0.1) is 11.3 Å². The van der Waals surface area contributed by atoms with Crippen LogP contribution in [0, 0.1) is 13.8 Å². The fraction of sp³-hybridized carbons (Fsp3) is 0.333. The molecule has 5 nitrogen and oxygen atoms in total. The Morgan fingerprint density at radius 1 is 1.43 bits per heavy atom. The Balaban J connectivity index is 1.90. The molecule has 1 aromatic heterocycles. The van der Waals surface area contributed by atoms with Crippen molar-refractivity contribution >= 4 is 28.6 Å². The van der Waals surface area contributed by atoms with Crippen molar-refractivity contribution in [2.24, 2.45) is 0 Å². The van der Waals surface area contributed by atoms with Gasteiger partial charge in [0.15, 0.2) is 0 Å². The summed E-state index contributed by atoms with van der Waals surface area (Å²) >= 11 is 1.62. The molecule has 1 amide bonds. The van der Waals surface area contributed by atoms with E-state index in [9.17, 15) is 4.79 Å². The number of nitrogens with one attached hydrogen (secondary N) is 1. The van der Waals surface area contributed by atoms with E-state index in [1.165, 1.54) is 0 Å². The first-order valence-corrected chi connectivity index (χ1v) is 7.58. The number of rotatable bonds is 5. The first-order valence-electron chi connectivity index (χ1n) is 6.70. The van der Waals surface area contributed by atoms with Crippen LogP contribution in [0.15, 0.2) is 23.6 Å². The Bertz CT molecular complexity index is 638. The molecule has 0 radical (unpaired) electrons. The number of hydrogen-bond donors (Lipinski definition) is 2. The summed E-state index contributed by atoms with van der Waals surface area (Å²) in [4.78, 5) is 18.4. The molecule has 0 aliphatic carbocycles. The molecular weight excluding hydrogens is 284 g/mol. The molecule has 3 N–H and O–H groups in total. The zero-order chi connectivity index (χ0) is 15.4. The molecule has 21 heavy (non-hydrogen) atoms. The maximum atomic E-state index is 12.1. The van der Waals surface area contributed by atoms with Gasteiger partial charge in [-0.25, -0.2) is 4.98 Å². The van der Waals surface area contributed by atoms with Gasteiger partial charge in [0.1, 0.15) is 0 Å².